The zero-order valence-electron chi connectivity index (χ0n) is 33.2. The van der Waals surface area contributed by atoms with E-state index in [1.54, 1.807) is 0 Å². The lowest BCUT2D eigenvalue weighted by molar-refractivity contribution is -0.160. The van der Waals surface area contributed by atoms with Crippen LogP contribution in [0.25, 0.3) is 0 Å². The molecule has 0 saturated carbocycles. The van der Waals surface area contributed by atoms with Gasteiger partial charge in [0.1, 0.15) is 25.4 Å². The Hall–Kier alpha value is 0.680. The van der Waals surface area contributed by atoms with Gasteiger partial charge in [-0.2, -0.15) is 0 Å². The molecule has 0 spiro atoms. The van der Waals surface area contributed by atoms with Gasteiger partial charge in [-0.05, 0) is 103 Å². The Morgan fingerprint density at radius 1 is 0.411 bits per heavy atom. The Morgan fingerprint density at radius 3 is 1.00 bits per heavy atom. The van der Waals surface area contributed by atoms with Crippen molar-refractivity contribution in [3.8, 4) is 0 Å². The van der Waals surface area contributed by atoms with Crippen LogP contribution >= 0.6 is 86.4 Å². The van der Waals surface area contributed by atoms with Gasteiger partial charge in [-0.25, -0.2) is 0 Å². The Morgan fingerprint density at radius 2 is 0.714 bits per heavy atom. The first-order valence-electron chi connectivity index (χ1n) is 21.3. The van der Waals surface area contributed by atoms with Gasteiger partial charge in [-0.3, -0.25) is 19.2 Å². The highest BCUT2D eigenvalue weighted by Crippen LogP contribution is 2.42. The van der Waals surface area contributed by atoms with Crippen LogP contribution in [0.15, 0.2) is 0 Å². The number of hydrogen-bond donors (Lipinski definition) is 0. The molecule has 4 aliphatic heterocycles. The predicted molar refractivity (Wildman–Crippen MR) is 248 cm³/mol. The topological polar surface area (TPSA) is 105 Å². The fourth-order valence-electron chi connectivity index (χ4n) is 6.93. The zero-order chi connectivity index (χ0) is 39.5. The van der Waals surface area contributed by atoms with Crippen molar-refractivity contribution in [1.29, 1.82) is 0 Å². The van der Waals surface area contributed by atoms with E-state index < -0.39 is 12.2 Å². The number of carbonyl (C=O) groups is 4. The summed E-state index contributed by atoms with van der Waals surface area (Å²) in [7, 11) is 15.6. The summed E-state index contributed by atoms with van der Waals surface area (Å²) in [6.07, 6.45) is 19.7. The van der Waals surface area contributed by atoms with Crippen molar-refractivity contribution in [3.63, 3.8) is 0 Å². The first kappa shape index (κ1) is 49.3. The summed E-state index contributed by atoms with van der Waals surface area (Å²) < 4.78 is 23.1. The number of hydrogen-bond acceptors (Lipinski definition) is 16. The number of ether oxygens (including phenoxy) is 4. The van der Waals surface area contributed by atoms with Crippen molar-refractivity contribution in [1.82, 2.24) is 0 Å². The summed E-state index contributed by atoms with van der Waals surface area (Å²) >= 11 is 0. The highest BCUT2D eigenvalue weighted by atomic mass is 33.1. The van der Waals surface area contributed by atoms with Crippen LogP contribution in [0.2, 0.25) is 0 Å². The van der Waals surface area contributed by atoms with Crippen molar-refractivity contribution in [2.45, 2.75) is 187 Å². The predicted octanol–water partition coefficient (Wildman–Crippen LogP) is 12.3. The standard InChI is InChI=1S/C40H66O8S8/c41-37(17-7-3-13-33-21-25-49-53-33)45-29-31(47-39(43)19-9-5-15-35-23-27-51-55-35)11-1-2-12-32(48-40(44)20-10-6-16-36-24-28-52-56-36)30-46-38(42)18-8-4-14-34-22-26-50-54-34/h31-36H,1-30H2. The van der Waals surface area contributed by atoms with Crippen LogP contribution in [0.3, 0.4) is 0 Å². The molecule has 16 heteroatoms. The number of rotatable bonds is 31. The molecular formula is C40H66O8S8. The van der Waals surface area contributed by atoms with E-state index in [4.69, 9.17) is 18.9 Å². The second-order valence-corrected chi connectivity index (χ2v) is 26.3. The fraction of sp³-hybridized carbons (Fsp3) is 0.900. The molecule has 0 bridgehead atoms. The van der Waals surface area contributed by atoms with Crippen molar-refractivity contribution in [2.24, 2.45) is 0 Å². The van der Waals surface area contributed by atoms with E-state index in [0.29, 0.717) is 72.4 Å². The Balaban J connectivity index is 1.18. The maximum Gasteiger partial charge on any atom is 0.306 e. The van der Waals surface area contributed by atoms with Gasteiger partial charge in [-0.15, -0.1) is 0 Å². The van der Waals surface area contributed by atoms with E-state index in [1.807, 2.05) is 86.4 Å². The highest BCUT2D eigenvalue weighted by molar-refractivity contribution is 8.78. The normalized spacial score (nSPS) is 23.2. The largest absolute Gasteiger partial charge is 0.462 e. The molecule has 0 aromatic carbocycles. The molecule has 8 nitrogen and oxygen atoms in total. The number of carbonyl (C=O) groups excluding carboxylic acids is 4. The average molecular weight is 931 g/mol. The van der Waals surface area contributed by atoms with Crippen LogP contribution in [0.4, 0.5) is 0 Å². The Labute approximate surface area is 369 Å². The lowest BCUT2D eigenvalue weighted by atomic mass is 10.1. The fourth-order valence-corrected chi connectivity index (χ4v) is 19.0. The summed E-state index contributed by atoms with van der Waals surface area (Å²) in [5.74, 6) is 3.90. The second kappa shape index (κ2) is 31.5. The maximum atomic E-state index is 12.9. The van der Waals surface area contributed by atoms with Gasteiger partial charge in [0.2, 0.25) is 0 Å². The molecule has 322 valence electrons. The summed E-state index contributed by atoms with van der Waals surface area (Å²) in [4.78, 5) is 51.1. The molecule has 0 aromatic rings. The van der Waals surface area contributed by atoms with Gasteiger partial charge in [-0.1, -0.05) is 112 Å². The molecule has 6 atom stereocenters. The lowest BCUT2D eigenvalue weighted by Gasteiger charge is -2.20. The van der Waals surface area contributed by atoms with Crippen molar-refractivity contribution < 1.29 is 38.1 Å². The van der Waals surface area contributed by atoms with Crippen LogP contribution in [0, 0.1) is 0 Å². The SMILES string of the molecule is O=C(CCCCC1CCSS1)OCC(CCCCC(COC(=O)CCCCC1CCSS1)OC(=O)CCCCC1CCSS1)OC(=O)CCCCC1CCSS1. The Kier molecular flexibility index (Phi) is 27.8. The van der Waals surface area contributed by atoms with Crippen LogP contribution in [0.5, 0.6) is 0 Å². The summed E-state index contributed by atoms with van der Waals surface area (Å²) in [5.41, 5.74) is 0. The smallest absolute Gasteiger partial charge is 0.306 e. The van der Waals surface area contributed by atoms with E-state index in [1.165, 1.54) is 48.7 Å². The van der Waals surface area contributed by atoms with Crippen LogP contribution in [0.1, 0.15) is 154 Å². The van der Waals surface area contributed by atoms with Crippen LogP contribution in [-0.4, -0.2) is 93.3 Å². The minimum atomic E-state index is -0.517. The molecule has 4 fully saturated rings. The molecule has 0 aromatic heterocycles. The van der Waals surface area contributed by atoms with Crippen molar-refractivity contribution in [3.05, 3.63) is 0 Å². The molecule has 0 radical (unpaired) electrons. The maximum absolute atomic E-state index is 12.9. The minimum Gasteiger partial charge on any atom is -0.462 e. The molecule has 4 aliphatic rings. The molecule has 56 heavy (non-hydrogen) atoms. The first-order valence-corrected chi connectivity index (χ1v) is 30.8. The Bertz CT molecular complexity index is 1010. The van der Waals surface area contributed by atoms with E-state index in [2.05, 4.69) is 0 Å². The van der Waals surface area contributed by atoms with Gasteiger partial charge in [0, 0.05) is 69.7 Å². The summed E-state index contributed by atoms with van der Waals surface area (Å²) in [6.45, 7) is 0.115. The van der Waals surface area contributed by atoms with Gasteiger partial charge in [0.05, 0.1) is 0 Å². The average Bonchev–Trinajstić information content (AvgIpc) is 4.05. The second-order valence-electron chi connectivity index (χ2n) is 15.2. The van der Waals surface area contributed by atoms with Crippen molar-refractivity contribution >= 4 is 110 Å². The van der Waals surface area contributed by atoms with E-state index in [-0.39, 0.29) is 37.1 Å². The van der Waals surface area contributed by atoms with E-state index in [0.717, 1.165) is 77.0 Å². The van der Waals surface area contributed by atoms with Gasteiger partial charge < -0.3 is 18.9 Å². The van der Waals surface area contributed by atoms with Gasteiger partial charge in [0.25, 0.3) is 0 Å². The highest BCUT2D eigenvalue weighted by Gasteiger charge is 2.23. The molecule has 4 heterocycles. The van der Waals surface area contributed by atoms with Crippen LogP contribution < -0.4 is 0 Å². The first-order chi connectivity index (χ1) is 27.4. The summed E-state index contributed by atoms with van der Waals surface area (Å²) in [6, 6.07) is 0. The van der Waals surface area contributed by atoms with E-state index >= 15 is 0 Å². The quantitative estimate of drug-likeness (QED) is 0.0285. The lowest BCUT2D eigenvalue weighted by Crippen LogP contribution is -2.27. The van der Waals surface area contributed by atoms with Gasteiger partial charge >= 0.3 is 23.9 Å². The van der Waals surface area contributed by atoms with E-state index in [9.17, 15) is 19.2 Å². The third kappa shape index (κ3) is 23.6. The molecule has 0 N–H and O–H groups in total. The zero-order valence-corrected chi connectivity index (χ0v) is 39.7. The molecule has 6 unspecified atom stereocenters. The van der Waals surface area contributed by atoms with Crippen molar-refractivity contribution in [2.75, 3.05) is 36.2 Å². The molecule has 0 amide bonds. The number of unbranched alkanes of at least 4 members (excludes halogenated alkanes) is 5. The third-order valence-electron chi connectivity index (χ3n) is 10.3. The third-order valence-corrected chi connectivity index (χ3v) is 22.3. The molecular weight excluding hydrogens is 865 g/mol. The number of esters is 4. The van der Waals surface area contributed by atoms with Crippen LogP contribution in [-0.2, 0) is 38.1 Å². The minimum absolute atomic E-state index is 0.0575. The molecule has 4 rings (SSSR count). The molecule has 4 saturated heterocycles. The summed E-state index contributed by atoms with van der Waals surface area (Å²) in [5, 5.41) is 2.78. The monoisotopic (exact) mass is 930 g/mol. The van der Waals surface area contributed by atoms with Gasteiger partial charge in [0.15, 0.2) is 0 Å². The molecule has 0 aliphatic carbocycles.